The Bertz CT molecular complexity index is 1020. The Hall–Kier alpha value is -3.27. The van der Waals surface area contributed by atoms with Crippen LogP contribution in [0.2, 0.25) is 0 Å². The summed E-state index contributed by atoms with van der Waals surface area (Å²) in [6.07, 6.45) is 8.15. The van der Waals surface area contributed by atoms with Gasteiger partial charge in [-0.25, -0.2) is 4.98 Å². The van der Waals surface area contributed by atoms with Gasteiger partial charge in [-0.15, -0.1) is 0 Å². The molecule has 1 amide bonds. The topological polar surface area (TPSA) is 99.0 Å². The highest BCUT2D eigenvalue weighted by atomic mass is 16.2. The van der Waals surface area contributed by atoms with E-state index in [-0.39, 0.29) is 11.8 Å². The van der Waals surface area contributed by atoms with Gasteiger partial charge in [0.1, 0.15) is 11.2 Å². The lowest BCUT2D eigenvalue weighted by molar-refractivity contribution is -0.124. The molecular weight excluding hydrogens is 390 g/mol. The SMILES string of the molecule is CC(C)[C@]1(C#N)CCN(c2ccnc(Nc3ccc(C4([C]=O)CCCC4)cc3)n2)C1=O. The number of nitriles is 1. The molecular formula is C24H26N5O2. The second-order valence-electron chi connectivity index (χ2n) is 8.78. The van der Waals surface area contributed by atoms with E-state index in [9.17, 15) is 14.9 Å². The van der Waals surface area contributed by atoms with Crippen molar-refractivity contribution in [2.45, 2.75) is 51.4 Å². The molecule has 1 aliphatic heterocycles. The fraction of sp³-hybridized carbons (Fsp3) is 0.458. The number of hydrogen-bond donors (Lipinski definition) is 1. The van der Waals surface area contributed by atoms with Gasteiger partial charge in [0.05, 0.1) is 11.5 Å². The fourth-order valence-electron chi connectivity index (χ4n) is 4.71. The molecule has 1 atom stereocenters. The molecule has 1 radical (unpaired) electrons. The smallest absolute Gasteiger partial charge is 0.248 e. The first-order valence-corrected chi connectivity index (χ1v) is 10.8. The number of nitrogens with one attached hydrogen (secondary N) is 1. The Labute approximate surface area is 182 Å². The van der Waals surface area contributed by atoms with Gasteiger partial charge < -0.3 is 5.32 Å². The third-order valence-corrected chi connectivity index (χ3v) is 6.81. The minimum absolute atomic E-state index is 0.0697. The van der Waals surface area contributed by atoms with E-state index in [1.807, 2.05) is 38.1 Å². The molecule has 4 rings (SSSR count). The van der Waals surface area contributed by atoms with Crippen LogP contribution in [0.5, 0.6) is 0 Å². The van der Waals surface area contributed by atoms with Crippen LogP contribution in [0.1, 0.15) is 51.5 Å². The fourth-order valence-corrected chi connectivity index (χ4v) is 4.71. The quantitative estimate of drug-likeness (QED) is 0.763. The summed E-state index contributed by atoms with van der Waals surface area (Å²) < 4.78 is 0. The van der Waals surface area contributed by atoms with Gasteiger partial charge in [-0.1, -0.05) is 38.8 Å². The van der Waals surface area contributed by atoms with Crippen molar-refractivity contribution in [2.75, 3.05) is 16.8 Å². The van der Waals surface area contributed by atoms with Gasteiger partial charge in [0.2, 0.25) is 18.1 Å². The number of benzene rings is 1. The number of anilines is 3. The number of rotatable bonds is 6. The van der Waals surface area contributed by atoms with Gasteiger partial charge in [-0.05, 0) is 48.9 Å². The summed E-state index contributed by atoms with van der Waals surface area (Å²) in [6, 6.07) is 11.6. The molecule has 2 aliphatic rings. The first-order chi connectivity index (χ1) is 14.9. The van der Waals surface area contributed by atoms with Crippen LogP contribution in [0.25, 0.3) is 0 Å². The molecule has 1 aromatic carbocycles. The molecule has 7 nitrogen and oxygen atoms in total. The molecule has 159 valence electrons. The van der Waals surface area contributed by atoms with Crippen LogP contribution in [0.15, 0.2) is 36.5 Å². The Kier molecular flexibility index (Phi) is 5.48. The van der Waals surface area contributed by atoms with Crippen LogP contribution in [-0.2, 0) is 15.0 Å². The lowest BCUT2D eigenvalue weighted by Crippen LogP contribution is -2.37. The number of carbonyl (C=O) groups excluding carboxylic acids is 2. The summed E-state index contributed by atoms with van der Waals surface area (Å²) in [5.74, 6) is 0.581. The average Bonchev–Trinajstić information content (AvgIpc) is 3.40. The largest absolute Gasteiger partial charge is 0.324 e. The standard InChI is InChI=1S/C24H26N5O2/c1-17(2)24(15-25)12-14-29(21(24)31)20-9-13-26-22(28-20)27-19-7-5-18(6-8-19)23(16-30)10-3-4-11-23/h5-9,13,17H,3-4,10-12,14H2,1-2H3,(H,26,27,28)/t24-/m1/s1. The Morgan fingerprint density at radius 3 is 2.42 bits per heavy atom. The third kappa shape index (κ3) is 3.56. The molecule has 0 unspecified atom stereocenters. The number of carbonyl (C=O) groups is 1. The van der Waals surface area contributed by atoms with E-state index in [0.29, 0.717) is 24.7 Å². The van der Waals surface area contributed by atoms with E-state index in [1.165, 1.54) is 0 Å². The minimum atomic E-state index is -1.000. The molecule has 2 fully saturated rings. The maximum atomic E-state index is 13.0. The van der Waals surface area contributed by atoms with Crippen LogP contribution in [-0.4, -0.2) is 28.7 Å². The van der Waals surface area contributed by atoms with Crippen molar-refractivity contribution < 1.29 is 9.59 Å². The summed E-state index contributed by atoms with van der Waals surface area (Å²) in [7, 11) is 0. The lowest BCUT2D eigenvalue weighted by Gasteiger charge is -2.24. The van der Waals surface area contributed by atoms with Gasteiger partial charge in [-0.2, -0.15) is 10.2 Å². The highest BCUT2D eigenvalue weighted by Gasteiger charge is 2.50. The predicted molar refractivity (Wildman–Crippen MR) is 117 cm³/mol. The van der Waals surface area contributed by atoms with Crippen LogP contribution in [0.3, 0.4) is 0 Å². The molecule has 1 aromatic heterocycles. The highest BCUT2D eigenvalue weighted by molar-refractivity contribution is 6.01. The zero-order chi connectivity index (χ0) is 22.1. The maximum Gasteiger partial charge on any atom is 0.248 e. The van der Waals surface area contributed by atoms with Crippen molar-refractivity contribution in [3.63, 3.8) is 0 Å². The second kappa shape index (κ2) is 8.10. The van der Waals surface area contributed by atoms with Crippen molar-refractivity contribution in [2.24, 2.45) is 11.3 Å². The number of hydrogen-bond acceptors (Lipinski definition) is 6. The Morgan fingerprint density at radius 1 is 1.13 bits per heavy atom. The zero-order valence-corrected chi connectivity index (χ0v) is 17.9. The monoisotopic (exact) mass is 416 g/mol. The normalized spacial score (nSPS) is 22.5. The summed E-state index contributed by atoms with van der Waals surface area (Å²) in [4.78, 5) is 34.9. The van der Waals surface area contributed by atoms with Crippen molar-refractivity contribution in [1.82, 2.24) is 9.97 Å². The molecule has 2 heterocycles. The zero-order valence-electron chi connectivity index (χ0n) is 17.9. The average molecular weight is 417 g/mol. The summed E-state index contributed by atoms with van der Waals surface area (Å²) in [5.41, 5.74) is 0.306. The highest BCUT2D eigenvalue weighted by Crippen LogP contribution is 2.41. The molecule has 1 saturated carbocycles. The first-order valence-electron chi connectivity index (χ1n) is 10.8. The number of amides is 1. The Morgan fingerprint density at radius 2 is 1.84 bits per heavy atom. The van der Waals surface area contributed by atoms with Crippen LogP contribution >= 0.6 is 0 Å². The molecule has 0 spiro atoms. The molecule has 2 aromatic rings. The van der Waals surface area contributed by atoms with E-state index < -0.39 is 10.8 Å². The summed E-state index contributed by atoms with van der Waals surface area (Å²) in [5, 5.41) is 12.8. The van der Waals surface area contributed by atoms with Crippen molar-refractivity contribution >= 4 is 29.6 Å². The van der Waals surface area contributed by atoms with Gasteiger partial charge >= 0.3 is 0 Å². The third-order valence-electron chi connectivity index (χ3n) is 6.81. The molecule has 7 heteroatoms. The minimum Gasteiger partial charge on any atom is -0.324 e. The summed E-state index contributed by atoms with van der Waals surface area (Å²) in [6.45, 7) is 4.26. The molecule has 31 heavy (non-hydrogen) atoms. The van der Waals surface area contributed by atoms with E-state index in [1.54, 1.807) is 17.2 Å². The first kappa shape index (κ1) is 21.0. The molecule has 0 bridgehead atoms. The number of nitrogens with zero attached hydrogens (tertiary/aromatic N) is 4. The van der Waals surface area contributed by atoms with E-state index in [0.717, 1.165) is 36.9 Å². The van der Waals surface area contributed by atoms with Crippen molar-refractivity contribution in [3.05, 3.63) is 42.1 Å². The van der Waals surface area contributed by atoms with Crippen molar-refractivity contribution in [1.29, 1.82) is 5.26 Å². The van der Waals surface area contributed by atoms with Gasteiger partial charge in [0.15, 0.2) is 0 Å². The van der Waals surface area contributed by atoms with Crippen LogP contribution in [0.4, 0.5) is 17.5 Å². The lowest BCUT2D eigenvalue weighted by atomic mass is 9.77. The molecule has 1 saturated heterocycles. The van der Waals surface area contributed by atoms with E-state index in [4.69, 9.17) is 0 Å². The second-order valence-corrected chi connectivity index (χ2v) is 8.78. The van der Waals surface area contributed by atoms with Gasteiger partial charge in [-0.3, -0.25) is 14.5 Å². The van der Waals surface area contributed by atoms with Crippen molar-refractivity contribution in [3.8, 4) is 6.07 Å². The van der Waals surface area contributed by atoms with Crippen LogP contribution in [0, 0.1) is 22.7 Å². The van der Waals surface area contributed by atoms with Crippen LogP contribution < -0.4 is 10.2 Å². The van der Waals surface area contributed by atoms with Gasteiger partial charge in [0.25, 0.3) is 0 Å². The predicted octanol–water partition coefficient (Wildman–Crippen LogP) is 4.04. The Balaban J connectivity index is 1.52. The van der Waals surface area contributed by atoms with E-state index in [2.05, 4.69) is 27.6 Å². The van der Waals surface area contributed by atoms with E-state index >= 15 is 0 Å². The maximum absolute atomic E-state index is 13.0. The number of aromatic nitrogens is 2. The molecule has 1 aliphatic carbocycles. The van der Waals surface area contributed by atoms with Gasteiger partial charge in [0, 0.05) is 18.4 Å². The summed E-state index contributed by atoms with van der Waals surface area (Å²) >= 11 is 0. The molecule has 1 N–H and O–H groups in total.